The Labute approximate surface area is 259 Å². The molecule has 0 saturated heterocycles. The SMILES string of the molecule is CN[C@@H](C)C(=O)Nc1ccc(-c2cnc3cc(C)cc(-c4ccc(OC)nc4)n23)c(C#Cc2ccc3c(ccc(=O)n3C)c2)n1. The van der Waals surface area contributed by atoms with Gasteiger partial charge < -0.3 is 19.9 Å². The van der Waals surface area contributed by atoms with E-state index in [9.17, 15) is 9.59 Å². The summed E-state index contributed by atoms with van der Waals surface area (Å²) in [5, 5.41) is 6.72. The number of imidazole rings is 1. The van der Waals surface area contributed by atoms with Crippen molar-refractivity contribution in [3.8, 4) is 40.2 Å². The zero-order valence-corrected chi connectivity index (χ0v) is 25.5. The number of fused-ring (bicyclic) bond motifs is 2. The van der Waals surface area contributed by atoms with Crippen LogP contribution in [0.3, 0.4) is 0 Å². The lowest BCUT2D eigenvalue weighted by molar-refractivity contribution is -0.117. The van der Waals surface area contributed by atoms with Crippen LogP contribution in [-0.2, 0) is 11.8 Å². The van der Waals surface area contributed by atoms with Crippen molar-refractivity contribution in [2.75, 3.05) is 19.5 Å². The van der Waals surface area contributed by atoms with Gasteiger partial charge in [0.05, 0.1) is 36.3 Å². The zero-order valence-electron chi connectivity index (χ0n) is 25.5. The number of ether oxygens (including phenoxy) is 1. The highest BCUT2D eigenvalue weighted by Gasteiger charge is 2.18. The van der Waals surface area contributed by atoms with E-state index in [1.807, 2.05) is 49.4 Å². The van der Waals surface area contributed by atoms with Gasteiger partial charge in [-0.25, -0.2) is 15.0 Å². The lowest BCUT2D eigenvalue weighted by atomic mass is 10.1. The molecule has 1 atom stereocenters. The van der Waals surface area contributed by atoms with Crippen LogP contribution in [0.15, 0.2) is 83.9 Å². The third kappa shape index (κ3) is 5.77. The van der Waals surface area contributed by atoms with E-state index in [1.54, 1.807) is 63.3 Å². The van der Waals surface area contributed by atoms with Crippen molar-refractivity contribution in [2.45, 2.75) is 19.9 Å². The molecule has 0 saturated carbocycles. The molecule has 0 aliphatic heterocycles. The molecule has 10 nitrogen and oxygen atoms in total. The Balaban J connectivity index is 1.51. The van der Waals surface area contributed by atoms with Gasteiger partial charge in [0.25, 0.3) is 5.56 Å². The van der Waals surface area contributed by atoms with Crippen LogP contribution in [0.4, 0.5) is 5.82 Å². The number of carbonyl (C=O) groups excluding carboxylic acids is 1. The molecule has 45 heavy (non-hydrogen) atoms. The molecule has 6 aromatic rings. The van der Waals surface area contributed by atoms with E-state index in [0.717, 1.165) is 50.2 Å². The molecule has 0 aliphatic carbocycles. The molecule has 0 radical (unpaired) electrons. The Morgan fingerprint density at radius 1 is 0.956 bits per heavy atom. The molecule has 10 heteroatoms. The average molecular weight is 598 g/mol. The fourth-order valence-electron chi connectivity index (χ4n) is 5.09. The van der Waals surface area contributed by atoms with Crippen LogP contribution in [0.25, 0.3) is 39.1 Å². The van der Waals surface area contributed by atoms with Gasteiger partial charge in [-0.2, -0.15) is 0 Å². The van der Waals surface area contributed by atoms with Gasteiger partial charge in [0, 0.05) is 42.1 Å². The maximum Gasteiger partial charge on any atom is 0.250 e. The van der Waals surface area contributed by atoms with E-state index in [0.29, 0.717) is 17.4 Å². The molecular formula is C35H31N7O3. The third-order valence-electron chi connectivity index (χ3n) is 7.69. The molecular weight excluding hydrogens is 566 g/mol. The van der Waals surface area contributed by atoms with Crippen LogP contribution in [0.1, 0.15) is 23.7 Å². The molecule has 224 valence electrons. The van der Waals surface area contributed by atoms with Crippen LogP contribution in [0.2, 0.25) is 0 Å². The van der Waals surface area contributed by atoms with Crippen molar-refractivity contribution in [1.82, 2.24) is 29.2 Å². The van der Waals surface area contributed by atoms with Gasteiger partial charge in [-0.05, 0) is 92.4 Å². The number of aromatic nitrogens is 5. The smallest absolute Gasteiger partial charge is 0.250 e. The lowest BCUT2D eigenvalue weighted by Gasteiger charge is -2.14. The number of benzene rings is 1. The van der Waals surface area contributed by atoms with E-state index in [1.165, 1.54) is 0 Å². The minimum atomic E-state index is -0.405. The molecule has 0 aliphatic rings. The van der Waals surface area contributed by atoms with Crippen LogP contribution in [0.5, 0.6) is 5.88 Å². The Morgan fingerprint density at radius 2 is 1.80 bits per heavy atom. The minimum absolute atomic E-state index is 0.0744. The van der Waals surface area contributed by atoms with Gasteiger partial charge in [-0.3, -0.25) is 14.0 Å². The van der Waals surface area contributed by atoms with Crippen molar-refractivity contribution in [3.63, 3.8) is 0 Å². The number of likely N-dealkylation sites (N-methyl/N-ethyl adjacent to an activating group) is 1. The highest BCUT2D eigenvalue weighted by molar-refractivity contribution is 5.94. The Hall–Kier alpha value is -5.79. The number of nitrogens with one attached hydrogen (secondary N) is 2. The summed E-state index contributed by atoms with van der Waals surface area (Å²) in [4.78, 5) is 38.7. The highest BCUT2D eigenvalue weighted by atomic mass is 16.5. The first-order valence-corrected chi connectivity index (χ1v) is 14.4. The van der Waals surface area contributed by atoms with E-state index in [-0.39, 0.29) is 11.5 Å². The fourth-order valence-corrected chi connectivity index (χ4v) is 5.09. The highest BCUT2D eigenvalue weighted by Crippen LogP contribution is 2.31. The van der Waals surface area contributed by atoms with E-state index in [2.05, 4.69) is 37.9 Å². The van der Waals surface area contributed by atoms with Crippen LogP contribution >= 0.6 is 0 Å². The monoisotopic (exact) mass is 597 g/mol. The van der Waals surface area contributed by atoms with Crippen molar-refractivity contribution in [1.29, 1.82) is 0 Å². The average Bonchev–Trinajstić information content (AvgIpc) is 3.48. The summed E-state index contributed by atoms with van der Waals surface area (Å²) < 4.78 is 8.92. The minimum Gasteiger partial charge on any atom is -0.481 e. The number of aryl methyl sites for hydroxylation is 2. The van der Waals surface area contributed by atoms with Gasteiger partial charge in [0.1, 0.15) is 17.2 Å². The first-order chi connectivity index (χ1) is 21.7. The number of methoxy groups -OCH3 is 1. The molecule has 0 unspecified atom stereocenters. The summed E-state index contributed by atoms with van der Waals surface area (Å²) in [5.41, 5.74) is 7.08. The van der Waals surface area contributed by atoms with Gasteiger partial charge in [-0.15, -0.1) is 0 Å². The van der Waals surface area contributed by atoms with Gasteiger partial charge >= 0.3 is 0 Å². The topological polar surface area (TPSA) is 115 Å². The van der Waals surface area contributed by atoms with Crippen molar-refractivity contribution in [2.24, 2.45) is 7.05 Å². The number of rotatable bonds is 6. The lowest BCUT2D eigenvalue weighted by Crippen LogP contribution is -2.35. The predicted molar refractivity (Wildman–Crippen MR) is 175 cm³/mol. The zero-order chi connectivity index (χ0) is 31.7. The number of amides is 1. The van der Waals surface area contributed by atoms with Gasteiger partial charge in [0.15, 0.2) is 0 Å². The summed E-state index contributed by atoms with van der Waals surface area (Å²) >= 11 is 0. The molecule has 0 fully saturated rings. The summed E-state index contributed by atoms with van der Waals surface area (Å²) in [6, 6.07) is 20.2. The second-order valence-corrected chi connectivity index (χ2v) is 10.7. The predicted octanol–water partition coefficient (Wildman–Crippen LogP) is 4.57. The van der Waals surface area contributed by atoms with Gasteiger partial charge in [0.2, 0.25) is 11.8 Å². The molecule has 5 heterocycles. The number of pyridine rings is 4. The van der Waals surface area contributed by atoms with Crippen molar-refractivity contribution >= 4 is 28.3 Å². The first kappa shape index (κ1) is 29.3. The molecule has 0 bridgehead atoms. The van der Waals surface area contributed by atoms with E-state index >= 15 is 0 Å². The van der Waals surface area contributed by atoms with Crippen LogP contribution in [0, 0.1) is 18.8 Å². The number of hydrogen-bond acceptors (Lipinski definition) is 7. The largest absolute Gasteiger partial charge is 0.481 e. The molecule has 0 spiro atoms. The quantitative estimate of drug-likeness (QED) is 0.270. The fraction of sp³-hybridized carbons (Fsp3) is 0.171. The van der Waals surface area contributed by atoms with Crippen LogP contribution in [-0.4, -0.2) is 50.0 Å². The second-order valence-electron chi connectivity index (χ2n) is 10.7. The summed E-state index contributed by atoms with van der Waals surface area (Å²) in [5.74, 6) is 7.19. The number of nitrogens with zero attached hydrogens (tertiary/aromatic N) is 5. The molecule has 6 rings (SSSR count). The molecule has 2 N–H and O–H groups in total. The number of hydrogen-bond donors (Lipinski definition) is 2. The Kier molecular flexibility index (Phi) is 7.86. The normalized spacial score (nSPS) is 11.7. The van der Waals surface area contributed by atoms with Gasteiger partial charge in [-0.1, -0.05) is 5.92 Å². The third-order valence-corrected chi connectivity index (χ3v) is 7.69. The summed E-state index contributed by atoms with van der Waals surface area (Å²) in [6.45, 7) is 3.80. The number of carbonyl (C=O) groups is 1. The molecule has 1 amide bonds. The van der Waals surface area contributed by atoms with E-state index in [4.69, 9.17) is 14.7 Å². The maximum absolute atomic E-state index is 12.7. The van der Waals surface area contributed by atoms with Crippen molar-refractivity contribution in [3.05, 3.63) is 106 Å². The summed E-state index contributed by atoms with van der Waals surface area (Å²) in [7, 11) is 5.05. The van der Waals surface area contributed by atoms with E-state index < -0.39 is 6.04 Å². The molecule has 5 aromatic heterocycles. The first-order valence-electron chi connectivity index (χ1n) is 14.4. The van der Waals surface area contributed by atoms with Crippen LogP contribution < -0.4 is 20.9 Å². The standard InChI is InChI=1S/C35H31N7O3/c1-21-16-29(25-8-14-33(45-5)38-19-25)42-30(20-37-32(42)17-21)26-10-13-31(40-35(44)22(2)36-3)39-27(26)11-6-23-7-12-28-24(18-23)9-15-34(43)41(28)4/h7-10,12-20,22,36H,1-5H3,(H,39,40,44)/t22-/m0/s1. The van der Waals surface area contributed by atoms with Crippen molar-refractivity contribution < 1.29 is 9.53 Å². The Morgan fingerprint density at radius 3 is 2.56 bits per heavy atom. The number of anilines is 1. The second kappa shape index (κ2) is 12.1. The molecule has 1 aromatic carbocycles. The Bertz CT molecular complexity index is 2210. The maximum atomic E-state index is 12.7. The summed E-state index contributed by atoms with van der Waals surface area (Å²) in [6.07, 6.45) is 3.57.